The number of benzene rings is 4. The standard InChI is InChI=1S/C28H21N3O5/c1-35-27-14-13-23(31(33)34)16-25(27)30-28(32)22(17-29)15-20-8-3-5-12-26(20)36-18-21-10-6-9-19-7-2-4-11-24(19)21/h2-16H,18H2,1H3,(H,30,32)/b22-15+. The molecule has 0 saturated heterocycles. The molecule has 0 fully saturated rings. The number of hydrogen-bond donors (Lipinski definition) is 1. The molecule has 0 aliphatic heterocycles. The summed E-state index contributed by atoms with van der Waals surface area (Å²) >= 11 is 0. The zero-order chi connectivity index (χ0) is 25.5. The number of para-hydroxylation sites is 1. The van der Waals surface area contributed by atoms with Crippen molar-refractivity contribution < 1.29 is 19.2 Å². The largest absolute Gasteiger partial charge is 0.495 e. The number of nitrogens with one attached hydrogen (secondary N) is 1. The summed E-state index contributed by atoms with van der Waals surface area (Å²) < 4.78 is 11.2. The van der Waals surface area contributed by atoms with E-state index >= 15 is 0 Å². The monoisotopic (exact) mass is 479 g/mol. The Kier molecular flexibility index (Phi) is 7.22. The van der Waals surface area contributed by atoms with Crippen molar-refractivity contribution in [2.45, 2.75) is 6.61 Å². The van der Waals surface area contributed by atoms with E-state index in [4.69, 9.17) is 9.47 Å². The summed E-state index contributed by atoms with van der Waals surface area (Å²) in [4.78, 5) is 23.4. The minimum Gasteiger partial charge on any atom is -0.495 e. The zero-order valence-corrected chi connectivity index (χ0v) is 19.3. The number of methoxy groups -OCH3 is 1. The number of carbonyl (C=O) groups is 1. The van der Waals surface area contributed by atoms with Gasteiger partial charge < -0.3 is 14.8 Å². The fourth-order valence-electron chi connectivity index (χ4n) is 3.71. The Morgan fingerprint density at radius 3 is 2.56 bits per heavy atom. The highest BCUT2D eigenvalue weighted by Gasteiger charge is 2.17. The van der Waals surface area contributed by atoms with E-state index in [1.807, 2.05) is 48.5 Å². The van der Waals surface area contributed by atoms with Crippen molar-refractivity contribution in [2.75, 3.05) is 12.4 Å². The molecular weight excluding hydrogens is 458 g/mol. The second-order valence-corrected chi connectivity index (χ2v) is 7.73. The highest BCUT2D eigenvalue weighted by atomic mass is 16.6. The normalized spacial score (nSPS) is 10.9. The van der Waals surface area contributed by atoms with Crippen LogP contribution in [0, 0.1) is 21.4 Å². The van der Waals surface area contributed by atoms with Gasteiger partial charge in [-0.25, -0.2) is 0 Å². The van der Waals surface area contributed by atoms with Gasteiger partial charge in [0.1, 0.15) is 29.7 Å². The molecule has 8 nitrogen and oxygen atoms in total. The SMILES string of the molecule is COc1ccc([N+](=O)[O-])cc1NC(=O)/C(C#N)=C/c1ccccc1OCc1cccc2ccccc12. The number of nitriles is 1. The molecule has 8 heteroatoms. The molecule has 0 heterocycles. The van der Waals surface area contributed by atoms with Gasteiger partial charge >= 0.3 is 0 Å². The molecule has 4 aromatic rings. The maximum atomic E-state index is 12.9. The van der Waals surface area contributed by atoms with E-state index in [1.54, 1.807) is 24.3 Å². The number of carbonyl (C=O) groups excluding carboxylic acids is 1. The van der Waals surface area contributed by atoms with E-state index in [9.17, 15) is 20.2 Å². The van der Waals surface area contributed by atoms with Crippen LogP contribution in [-0.2, 0) is 11.4 Å². The minimum atomic E-state index is -0.736. The van der Waals surface area contributed by atoms with Crippen LogP contribution in [0.2, 0.25) is 0 Å². The summed E-state index contributed by atoms with van der Waals surface area (Å²) in [5.74, 6) is -0.0101. The Hall–Kier alpha value is -5.16. The molecule has 0 bridgehead atoms. The van der Waals surface area contributed by atoms with Crippen molar-refractivity contribution in [3.05, 3.63) is 112 Å². The molecular formula is C28H21N3O5. The van der Waals surface area contributed by atoms with Crippen molar-refractivity contribution in [1.29, 1.82) is 5.26 Å². The number of non-ortho nitro benzene ring substituents is 1. The quantitative estimate of drug-likeness (QED) is 0.146. The van der Waals surface area contributed by atoms with Crippen molar-refractivity contribution in [3.8, 4) is 17.6 Å². The molecule has 4 rings (SSSR count). The first-order valence-electron chi connectivity index (χ1n) is 10.9. The Labute approximate surface area is 207 Å². The number of rotatable bonds is 8. The molecule has 0 radical (unpaired) electrons. The third-order valence-electron chi connectivity index (χ3n) is 5.49. The van der Waals surface area contributed by atoms with Crippen LogP contribution >= 0.6 is 0 Å². The molecule has 0 spiro atoms. The summed E-state index contributed by atoms with van der Waals surface area (Å²) in [5.41, 5.74) is 1.20. The summed E-state index contributed by atoms with van der Waals surface area (Å²) in [5, 5.41) is 25.5. The maximum Gasteiger partial charge on any atom is 0.271 e. The Morgan fingerprint density at radius 2 is 1.78 bits per heavy atom. The van der Waals surface area contributed by atoms with Crippen LogP contribution in [0.4, 0.5) is 11.4 Å². The lowest BCUT2D eigenvalue weighted by molar-refractivity contribution is -0.384. The molecule has 36 heavy (non-hydrogen) atoms. The van der Waals surface area contributed by atoms with Crippen LogP contribution in [0.1, 0.15) is 11.1 Å². The number of fused-ring (bicyclic) bond motifs is 1. The van der Waals surface area contributed by atoms with Crippen molar-refractivity contribution in [3.63, 3.8) is 0 Å². The third-order valence-corrected chi connectivity index (χ3v) is 5.49. The summed E-state index contributed by atoms with van der Waals surface area (Å²) in [6, 6.07) is 26.8. The number of anilines is 1. The van der Waals surface area contributed by atoms with E-state index < -0.39 is 10.8 Å². The Morgan fingerprint density at radius 1 is 1.03 bits per heavy atom. The van der Waals surface area contributed by atoms with Crippen LogP contribution in [0.25, 0.3) is 16.8 Å². The fourth-order valence-corrected chi connectivity index (χ4v) is 3.71. The molecule has 0 aliphatic rings. The van der Waals surface area contributed by atoms with Gasteiger partial charge in [0.2, 0.25) is 0 Å². The fraction of sp³-hybridized carbons (Fsp3) is 0.0714. The molecule has 0 saturated carbocycles. The maximum absolute atomic E-state index is 12.9. The number of nitro groups is 1. The van der Waals surface area contributed by atoms with Gasteiger partial charge in [0.05, 0.1) is 17.7 Å². The lowest BCUT2D eigenvalue weighted by Crippen LogP contribution is -2.14. The van der Waals surface area contributed by atoms with E-state index in [2.05, 4.69) is 5.32 Å². The number of nitrogens with zero attached hydrogens (tertiary/aromatic N) is 2. The second-order valence-electron chi connectivity index (χ2n) is 7.73. The van der Waals surface area contributed by atoms with Gasteiger partial charge in [0.25, 0.3) is 11.6 Å². The topological polar surface area (TPSA) is 114 Å². The first-order chi connectivity index (χ1) is 17.5. The lowest BCUT2D eigenvalue weighted by Gasteiger charge is -2.12. The first kappa shape index (κ1) is 24.0. The van der Waals surface area contributed by atoms with E-state index in [0.29, 0.717) is 17.9 Å². The van der Waals surface area contributed by atoms with Crippen LogP contribution in [-0.4, -0.2) is 17.9 Å². The molecule has 0 unspecified atom stereocenters. The predicted molar refractivity (Wildman–Crippen MR) is 137 cm³/mol. The van der Waals surface area contributed by atoms with Crippen molar-refractivity contribution in [1.82, 2.24) is 0 Å². The van der Waals surface area contributed by atoms with Gasteiger partial charge in [-0.15, -0.1) is 0 Å². The molecule has 4 aromatic carbocycles. The first-order valence-corrected chi connectivity index (χ1v) is 10.9. The smallest absolute Gasteiger partial charge is 0.271 e. The number of amides is 1. The van der Waals surface area contributed by atoms with Gasteiger partial charge in [-0.1, -0.05) is 60.7 Å². The van der Waals surface area contributed by atoms with E-state index in [-0.39, 0.29) is 22.7 Å². The Bertz CT molecular complexity index is 1520. The van der Waals surface area contributed by atoms with E-state index in [0.717, 1.165) is 16.3 Å². The van der Waals surface area contributed by atoms with Crippen molar-refractivity contribution >= 4 is 34.1 Å². The van der Waals surface area contributed by atoms with Crippen LogP contribution < -0.4 is 14.8 Å². The molecule has 0 aromatic heterocycles. The number of nitro benzene ring substituents is 1. The molecule has 1 N–H and O–H groups in total. The van der Waals surface area contributed by atoms with Gasteiger partial charge in [-0.2, -0.15) is 5.26 Å². The number of ether oxygens (including phenoxy) is 2. The average molecular weight is 479 g/mol. The van der Waals surface area contributed by atoms with Gasteiger partial charge in [-0.05, 0) is 34.5 Å². The third kappa shape index (κ3) is 5.32. The molecule has 178 valence electrons. The highest BCUT2D eigenvalue weighted by Crippen LogP contribution is 2.30. The second kappa shape index (κ2) is 10.8. The van der Waals surface area contributed by atoms with Crippen molar-refractivity contribution in [2.24, 2.45) is 0 Å². The van der Waals surface area contributed by atoms with Gasteiger partial charge in [0, 0.05) is 17.7 Å². The summed E-state index contributed by atoms with van der Waals surface area (Å²) in [6.07, 6.45) is 1.41. The molecule has 0 atom stereocenters. The van der Waals surface area contributed by atoms with Gasteiger partial charge in [0.15, 0.2) is 0 Å². The van der Waals surface area contributed by atoms with Crippen LogP contribution in [0.3, 0.4) is 0 Å². The minimum absolute atomic E-state index is 0.0818. The van der Waals surface area contributed by atoms with Crippen LogP contribution in [0.15, 0.2) is 90.5 Å². The predicted octanol–water partition coefficient (Wildman–Crippen LogP) is 5.88. The highest BCUT2D eigenvalue weighted by molar-refractivity contribution is 6.10. The lowest BCUT2D eigenvalue weighted by atomic mass is 10.1. The summed E-state index contributed by atoms with van der Waals surface area (Å²) in [7, 11) is 1.38. The van der Waals surface area contributed by atoms with E-state index in [1.165, 1.54) is 31.4 Å². The molecule has 1 amide bonds. The number of hydrogen-bond acceptors (Lipinski definition) is 6. The zero-order valence-electron chi connectivity index (χ0n) is 19.3. The Balaban J connectivity index is 1.58. The average Bonchev–Trinajstić information content (AvgIpc) is 2.90. The van der Waals surface area contributed by atoms with Gasteiger partial charge in [-0.3, -0.25) is 14.9 Å². The summed E-state index contributed by atoms with van der Waals surface area (Å²) in [6.45, 7) is 0.297. The van der Waals surface area contributed by atoms with Crippen LogP contribution in [0.5, 0.6) is 11.5 Å². The molecule has 0 aliphatic carbocycles.